The smallest absolute Gasteiger partial charge is 0.0568 e. The molecule has 4 nitrogen and oxygen atoms in total. The Kier molecular flexibility index (Phi) is 7.25. The van der Waals surface area contributed by atoms with Crippen molar-refractivity contribution in [3.8, 4) is 11.1 Å². The molecule has 164 valence electrons. The van der Waals surface area contributed by atoms with Crippen molar-refractivity contribution in [3.63, 3.8) is 0 Å². The summed E-state index contributed by atoms with van der Waals surface area (Å²) in [6, 6.07) is 27.7. The van der Waals surface area contributed by atoms with E-state index >= 15 is 0 Å². The molecule has 1 heterocycles. The molecule has 3 aromatic carbocycles. The van der Waals surface area contributed by atoms with Crippen LogP contribution >= 0.6 is 11.6 Å². The Labute approximate surface area is 195 Å². The molecule has 0 radical (unpaired) electrons. The van der Waals surface area contributed by atoms with Crippen LogP contribution in [0.15, 0.2) is 91.3 Å². The molecule has 0 unspecified atom stereocenters. The third-order valence-electron chi connectivity index (χ3n) is 5.58. The molecule has 0 spiro atoms. The van der Waals surface area contributed by atoms with Gasteiger partial charge in [0.25, 0.3) is 0 Å². The number of halogens is 1. The first-order chi connectivity index (χ1) is 15.6. The maximum absolute atomic E-state index is 6.03. The van der Waals surface area contributed by atoms with E-state index in [1.54, 1.807) is 0 Å². The summed E-state index contributed by atoms with van der Waals surface area (Å²) < 4.78 is 1.82. The van der Waals surface area contributed by atoms with Gasteiger partial charge >= 0.3 is 0 Å². The number of aryl methyl sites for hydroxylation is 1. The minimum Gasteiger partial charge on any atom is -0.383 e. The summed E-state index contributed by atoms with van der Waals surface area (Å²) in [5.41, 5.74) is 5.94. The van der Waals surface area contributed by atoms with Crippen molar-refractivity contribution in [1.82, 2.24) is 15.1 Å². The number of nitrogens with one attached hydrogen (secondary N) is 2. The predicted molar refractivity (Wildman–Crippen MR) is 134 cm³/mol. The molecule has 0 bridgehead atoms. The van der Waals surface area contributed by atoms with Crippen LogP contribution in [0.3, 0.4) is 0 Å². The Morgan fingerprint density at radius 2 is 1.62 bits per heavy atom. The maximum Gasteiger partial charge on any atom is 0.0568 e. The zero-order valence-corrected chi connectivity index (χ0v) is 19.3. The average molecular weight is 445 g/mol. The van der Waals surface area contributed by atoms with Crippen molar-refractivity contribution < 1.29 is 0 Å². The van der Waals surface area contributed by atoms with Crippen molar-refractivity contribution >= 4 is 17.3 Å². The lowest BCUT2D eigenvalue weighted by molar-refractivity contribution is 0.465. The minimum atomic E-state index is 0.191. The molecule has 0 amide bonds. The largest absolute Gasteiger partial charge is 0.383 e. The Morgan fingerprint density at radius 3 is 2.28 bits per heavy atom. The molecule has 1 aromatic heterocycles. The van der Waals surface area contributed by atoms with Gasteiger partial charge in [0.15, 0.2) is 0 Å². The van der Waals surface area contributed by atoms with Gasteiger partial charge in [-0.25, -0.2) is 0 Å². The van der Waals surface area contributed by atoms with Gasteiger partial charge in [-0.1, -0.05) is 66.2 Å². The molecule has 4 rings (SSSR count). The van der Waals surface area contributed by atoms with E-state index in [4.69, 9.17) is 11.6 Å². The Morgan fingerprint density at radius 1 is 0.906 bits per heavy atom. The summed E-state index contributed by atoms with van der Waals surface area (Å²) in [5.74, 6) is 0. The van der Waals surface area contributed by atoms with E-state index in [-0.39, 0.29) is 6.04 Å². The van der Waals surface area contributed by atoms with Gasteiger partial charge in [-0.2, -0.15) is 5.10 Å². The van der Waals surface area contributed by atoms with Crippen molar-refractivity contribution in [3.05, 3.63) is 107 Å². The highest BCUT2D eigenvalue weighted by Gasteiger charge is 2.15. The molecular weight excluding hydrogens is 416 g/mol. The van der Waals surface area contributed by atoms with Crippen molar-refractivity contribution in [2.45, 2.75) is 25.4 Å². The van der Waals surface area contributed by atoms with Crippen LogP contribution in [-0.2, 0) is 13.5 Å². The SMILES string of the molecule is C[C@H](Cc1ccc(Cl)cc1)N[C@H](CNc1ccc(-c2cnn(C)c2)cc1)c1ccccc1. The highest BCUT2D eigenvalue weighted by atomic mass is 35.5. The van der Waals surface area contributed by atoms with E-state index in [2.05, 4.69) is 89.4 Å². The van der Waals surface area contributed by atoms with Gasteiger partial charge in [0.2, 0.25) is 0 Å². The first-order valence-corrected chi connectivity index (χ1v) is 11.3. The lowest BCUT2D eigenvalue weighted by Crippen LogP contribution is -2.35. The number of rotatable bonds is 9. The molecule has 0 fully saturated rings. The van der Waals surface area contributed by atoms with Crippen molar-refractivity contribution in [2.24, 2.45) is 7.05 Å². The molecule has 5 heteroatoms. The minimum absolute atomic E-state index is 0.191. The first kappa shape index (κ1) is 22.1. The van der Waals surface area contributed by atoms with Crippen LogP contribution in [0.25, 0.3) is 11.1 Å². The number of anilines is 1. The van der Waals surface area contributed by atoms with E-state index in [1.807, 2.05) is 36.3 Å². The fraction of sp³-hybridized carbons (Fsp3) is 0.222. The number of hydrogen-bond donors (Lipinski definition) is 2. The Balaban J connectivity index is 1.41. The van der Waals surface area contributed by atoms with Crippen LogP contribution in [-0.4, -0.2) is 22.4 Å². The molecular formula is C27H29ClN4. The van der Waals surface area contributed by atoms with Gasteiger partial charge in [-0.3, -0.25) is 4.68 Å². The lowest BCUT2D eigenvalue weighted by atomic mass is 10.0. The highest BCUT2D eigenvalue weighted by Crippen LogP contribution is 2.22. The van der Waals surface area contributed by atoms with E-state index < -0.39 is 0 Å². The van der Waals surface area contributed by atoms with Gasteiger partial charge in [-0.05, 0) is 54.3 Å². The second kappa shape index (κ2) is 10.5. The lowest BCUT2D eigenvalue weighted by Gasteiger charge is -2.25. The van der Waals surface area contributed by atoms with Crippen molar-refractivity contribution in [1.29, 1.82) is 0 Å². The summed E-state index contributed by atoms with van der Waals surface area (Å²) >= 11 is 6.03. The van der Waals surface area contributed by atoms with Crippen LogP contribution < -0.4 is 10.6 Å². The molecule has 0 saturated heterocycles. The van der Waals surface area contributed by atoms with E-state index in [0.29, 0.717) is 6.04 Å². The van der Waals surface area contributed by atoms with Crippen molar-refractivity contribution in [2.75, 3.05) is 11.9 Å². The molecule has 0 aliphatic rings. The molecule has 32 heavy (non-hydrogen) atoms. The molecule has 0 aliphatic heterocycles. The zero-order chi connectivity index (χ0) is 22.3. The average Bonchev–Trinajstić information content (AvgIpc) is 3.25. The summed E-state index contributed by atoms with van der Waals surface area (Å²) in [6.45, 7) is 3.02. The quantitative estimate of drug-likeness (QED) is 0.327. The molecule has 2 N–H and O–H groups in total. The first-order valence-electron chi connectivity index (χ1n) is 11.0. The molecule has 4 aromatic rings. The highest BCUT2D eigenvalue weighted by molar-refractivity contribution is 6.30. The number of aromatic nitrogens is 2. The standard InChI is InChI=1S/C27H29ClN4/c1-20(16-21-8-12-25(28)13-9-21)31-27(23-6-4-3-5-7-23)18-29-26-14-10-22(11-15-26)24-17-30-32(2)19-24/h3-15,17,19-20,27,29,31H,16,18H2,1-2H3/t20-,27-/m1/s1. The normalized spacial score (nSPS) is 13.0. The fourth-order valence-corrected chi connectivity index (χ4v) is 4.03. The molecule has 0 aliphatic carbocycles. The Hall–Kier alpha value is -3.08. The third-order valence-corrected chi connectivity index (χ3v) is 5.83. The van der Waals surface area contributed by atoms with Gasteiger partial charge in [0.1, 0.15) is 0 Å². The second-order valence-corrected chi connectivity index (χ2v) is 8.66. The van der Waals surface area contributed by atoms with Crippen LogP contribution in [0.2, 0.25) is 5.02 Å². The monoisotopic (exact) mass is 444 g/mol. The third kappa shape index (κ3) is 6.00. The van der Waals surface area contributed by atoms with Gasteiger partial charge in [0, 0.05) is 48.1 Å². The van der Waals surface area contributed by atoms with E-state index in [9.17, 15) is 0 Å². The van der Waals surface area contributed by atoms with Crippen LogP contribution in [0.4, 0.5) is 5.69 Å². The number of benzene rings is 3. The topological polar surface area (TPSA) is 41.9 Å². The number of nitrogens with zero attached hydrogens (tertiary/aromatic N) is 2. The summed E-state index contributed by atoms with van der Waals surface area (Å²) in [5, 5.41) is 12.4. The predicted octanol–water partition coefficient (Wildman–Crippen LogP) is 6.11. The summed E-state index contributed by atoms with van der Waals surface area (Å²) in [4.78, 5) is 0. The zero-order valence-electron chi connectivity index (χ0n) is 18.5. The van der Waals surface area contributed by atoms with Gasteiger partial charge in [-0.15, -0.1) is 0 Å². The maximum atomic E-state index is 6.03. The molecule has 0 saturated carbocycles. The van der Waals surface area contributed by atoms with Gasteiger partial charge in [0.05, 0.1) is 6.20 Å². The summed E-state index contributed by atoms with van der Waals surface area (Å²) in [6.07, 6.45) is 4.86. The van der Waals surface area contributed by atoms with Gasteiger partial charge < -0.3 is 10.6 Å². The fourth-order valence-electron chi connectivity index (χ4n) is 3.91. The Bertz CT molecular complexity index is 1100. The second-order valence-electron chi connectivity index (χ2n) is 8.22. The van der Waals surface area contributed by atoms with E-state index in [1.165, 1.54) is 11.1 Å². The molecule has 2 atom stereocenters. The van der Waals surface area contributed by atoms with Crippen LogP contribution in [0.5, 0.6) is 0 Å². The van der Waals surface area contributed by atoms with Crippen LogP contribution in [0.1, 0.15) is 24.1 Å². The van der Waals surface area contributed by atoms with Crippen LogP contribution in [0, 0.1) is 0 Å². The number of hydrogen-bond acceptors (Lipinski definition) is 3. The summed E-state index contributed by atoms with van der Waals surface area (Å²) in [7, 11) is 1.93. The van der Waals surface area contributed by atoms with E-state index in [0.717, 1.165) is 34.8 Å².